The van der Waals surface area contributed by atoms with Crippen molar-refractivity contribution in [1.82, 2.24) is 10.2 Å². The highest BCUT2D eigenvalue weighted by atomic mass is 16.4. The van der Waals surface area contributed by atoms with E-state index in [0.717, 1.165) is 0 Å². The lowest BCUT2D eigenvalue weighted by Crippen LogP contribution is -2.22. The molecule has 0 atom stereocenters. The molecule has 0 saturated heterocycles. The number of aliphatic hydroxyl groups is 1. The van der Waals surface area contributed by atoms with E-state index in [1.807, 2.05) is 0 Å². The summed E-state index contributed by atoms with van der Waals surface area (Å²) in [7, 11) is 1.69. The molecule has 0 aromatic carbocycles. The van der Waals surface area contributed by atoms with Crippen LogP contribution in [0.5, 0.6) is 0 Å². The fraction of sp³-hybridized carbons (Fsp3) is 0.429. The quantitative estimate of drug-likeness (QED) is 0.590. The van der Waals surface area contributed by atoms with Gasteiger partial charge >= 0.3 is 5.97 Å². The molecule has 0 spiro atoms. The van der Waals surface area contributed by atoms with Crippen molar-refractivity contribution >= 4 is 11.7 Å². The number of carboxylic acids is 1. The smallest absolute Gasteiger partial charge is 0.356 e. The molecule has 0 unspecified atom stereocenters. The lowest BCUT2D eigenvalue weighted by atomic mass is 10.3. The normalized spacial score (nSPS) is 10.0. The summed E-state index contributed by atoms with van der Waals surface area (Å²) in [4.78, 5) is 12.2. The van der Waals surface area contributed by atoms with Crippen molar-refractivity contribution in [1.29, 1.82) is 0 Å². The SMILES string of the molecule is CN(CCO)c1cn[nH]c1C(=O)O. The van der Waals surface area contributed by atoms with Crippen LogP contribution in [-0.4, -0.2) is 46.6 Å². The van der Waals surface area contributed by atoms with Crippen LogP contribution in [-0.2, 0) is 0 Å². The average Bonchev–Trinajstić information content (AvgIpc) is 2.52. The van der Waals surface area contributed by atoms with E-state index < -0.39 is 5.97 Å². The highest BCUT2D eigenvalue weighted by Gasteiger charge is 2.14. The fourth-order valence-electron chi connectivity index (χ4n) is 0.997. The van der Waals surface area contributed by atoms with Crippen molar-refractivity contribution < 1.29 is 15.0 Å². The summed E-state index contributed by atoms with van der Waals surface area (Å²) in [6.45, 7) is 0.348. The zero-order chi connectivity index (χ0) is 9.84. The maximum atomic E-state index is 10.6. The Balaban J connectivity index is 2.86. The van der Waals surface area contributed by atoms with Gasteiger partial charge in [-0.3, -0.25) is 5.10 Å². The van der Waals surface area contributed by atoms with Gasteiger partial charge in [0.2, 0.25) is 0 Å². The Bertz CT molecular complexity index is 297. The zero-order valence-electron chi connectivity index (χ0n) is 7.19. The standard InChI is InChI=1S/C7H11N3O3/c1-10(2-3-11)5-4-8-9-6(5)7(12)13/h4,11H,2-3H2,1H3,(H,8,9)(H,12,13). The number of nitrogens with one attached hydrogen (secondary N) is 1. The first-order valence-electron chi connectivity index (χ1n) is 3.75. The molecular weight excluding hydrogens is 174 g/mol. The van der Waals surface area contributed by atoms with Crippen LogP contribution in [0.1, 0.15) is 10.5 Å². The van der Waals surface area contributed by atoms with Crippen molar-refractivity contribution in [2.24, 2.45) is 0 Å². The van der Waals surface area contributed by atoms with E-state index in [2.05, 4.69) is 10.2 Å². The van der Waals surface area contributed by atoms with E-state index >= 15 is 0 Å². The molecule has 13 heavy (non-hydrogen) atoms. The molecule has 6 heteroatoms. The number of aromatic amines is 1. The van der Waals surface area contributed by atoms with E-state index in [1.54, 1.807) is 11.9 Å². The van der Waals surface area contributed by atoms with Gasteiger partial charge in [0.25, 0.3) is 0 Å². The fourth-order valence-corrected chi connectivity index (χ4v) is 0.997. The van der Waals surface area contributed by atoms with Gasteiger partial charge in [0.05, 0.1) is 18.5 Å². The second kappa shape index (κ2) is 3.90. The topological polar surface area (TPSA) is 89.5 Å². The van der Waals surface area contributed by atoms with Crippen LogP contribution in [0, 0.1) is 0 Å². The summed E-state index contributed by atoms with van der Waals surface area (Å²) in [5.41, 5.74) is 0.512. The summed E-state index contributed by atoms with van der Waals surface area (Å²) in [6.07, 6.45) is 1.42. The molecule has 1 rings (SSSR count). The number of nitrogens with zero attached hydrogens (tertiary/aromatic N) is 2. The second-order valence-corrected chi connectivity index (χ2v) is 2.58. The van der Waals surface area contributed by atoms with Crippen LogP contribution in [0.3, 0.4) is 0 Å². The van der Waals surface area contributed by atoms with Crippen molar-refractivity contribution in [3.05, 3.63) is 11.9 Å². The van der Waals surface area contributed by atoms with Crippen molar-refractivity contribution in [3.63, 3.8) is 0 Å². The van der Waals surface area contributed by atoms with Gasteiger partial charge < -0.3 is 15.1 Å². The highest BCUT2D eigenvalue weighted by molar-refractivity contribution is 5.91. The largest absolute Gasteiger partial charge is 0.476 e. The van der Waals surface area contributed by atoms with Gasteiger partial charge in [0.15, 0.2) is 5.69 Å². The number of aliphatic hydroxyl groups excluding tert-OH is 1. The van der Waals surface area contributed by atoms with Gasteiger partial charge in [-0.1, -0.05) is 0 Å². The Labute approximate surface area is 74.8 Å². The number of likely N-dealkylation sites (N-methyl/N-ethyl adjacent to an activating group) is 1. The molecule has 6 nitrogen and oxygen atoms in total. The van der Waals surface area contributed by atoms with Crippen LogP contribution in [0.4, 0.5) is 5.69 Å². The lowest BCUT2D eigenvalue weighted by molar-refractivity contribution is 0.0691. The highest BCUT2D eigenvalue weighted by Crippen LogP contribution is 2.15. The molecule has 0 amide bonds. The molecule has 72 valence electrons. The third kappa shape index (κ3) is 1.97. The van der Waals surface area contributed by atoms with Gasteiger partial charge in [-0.05, 0) is 0 Å². The number of carbonyl (C=O) groups is 1. The third-order valence-electron chi connectivity index (χ3n) is 1.68. The third-order valence-corrected chi connectivity index (χ3v) is 1.68. The van der Waals surface area contributed by atoms with Crippen molar-refractivity contribution in [2.75, 3.05) is 25.1 Å². The summed E-state index contributed by atoms with van der Waals surface area (Å²) >= 11 is 0. The summed E-state index contributed by atoms with van der Waals surface area (Å²) in [6, 6.07) is 0. The molecule has 1 heterocycles. The number of anilines is 1. The van der Waals surface area contributed by atoms with Crippen molar-refractivity contribution in [3.8, 4) is 0 Å². The zero-order valence-corrected chi connectivity index (χ0v) is 7.19. The summed E-state index contributed by atoms with van der Waals surface area (Å²) in [5, 5.41) is 23.3. The minimum Gasteiger partial charge on any atom is -0.476 e. The Kier molecular flexibility index (Phi) is 2.86. The van der Waals surface area contributed by atoms with E-state index in [-0.39, 0.29) is 12.3 Å². The minimum absolute atomic E-state index is 0.0270. The van der Waals surface area contributed by atoms with Gasteiger partial charge in [-0.25, -0.2) is 4.79 Å². The molecule has 0 radical (unpaired) electrons. The van der Waals surface area contributed by atoms with E-state index in [0.29, 0.717) is 12.2 Å². The second-order valence-electron chi connectivity index (χ2n) is 2.58. The predicted molar refractivity (Wildman–Crippen MR) is 45.9 cm³/mol. The maximum Gasteiger partial charge on any atom is 0.356 e. The number of rotatable bonds is 4. The van der Waals surface area contributed by atoms with E-state index in [1.165, 1.54) is 6.20 Å². The number of hydrogen-bond acceptors (Lipinski definition) is 4. The number of aromatic carboxylic acids is 1. The first-order valence-corrected chi connectivity index (χ1v) is 3.75. The number of hydrogen-bond donors (Lipinski definition) is 3. The first kappa shape index (κ1) is 9.53. The van der Waals surface area contributed by atoms with Gasteiger partial charge in [0.1, 0.15) is 0 Å². The molecule has 0 saturated carbocycles. The van der Waals surface area contributed by atoms with E-state index in [9.17, 15) is 4.79 Å². The minimum atomic E-state index is -1.06. The number of aromatic nitrogens is 2. The molecule has 1 aromatic heterocycles. The van der Waals surface area contributed by atoms with Gasteiger partial charge in [-0.2, -0.15) is 5.10 Å². The molecule has 0 aliphatic rings. The van der Waals surface area contributed by atoms with Gasteiger partial charge in [-0.15, -0.1) is 0 Å². The monoisotopic (exact) mass is 185 g/mol. The average molecular weight is 185 g/mol. The molecule has 0 aliphatic carbocycles. The molecule has 3 N–H and O–H groups in total. The Morgan fingerprint density at radius 1 is 1.77 bits per heavy atom. The number of H-pyrrole nitrogens is 1. The Morgan fingerprint density at radius 3 is 3.00 bits per heavy atom. The summed E-state index contributed by atoms with van der Waals surface area (Å²) in [5.74, 6) is -1.06. The van der Waals surface area contributed by atoms with Crippen LogP contribution in [0.2, 0.25) is 0 Å². The number of carboxylic acid groups (broad SMARTS) is 1. The van der Waals surface area contributed by atoms with Crippen LogP contribution < -0.4 is 4.90 Å². The predicted octanol–water partition coefficient (Wildman–Crippen LogP) is -0.464. The van der Waals surface area contributed by atoms with Crippen LogP contribution in [0.25, 0.3) is 0 Å². The van der Waals surface area contributed by atoms with Gasteiger partial charge in [0, 0.05) is 13.6 Å². The maximum absolute atomic E-state index is 10.6. The Morgan fingerprint density at radius 2 is 2.46 bits per heavy atom. The van der Waals surface area contributed by atoms with Crippen molar-refractivity contribution in [2.45, 2.75) is 0 Å². The van der Waals surface area contributed by atoms with E-state index in [4.69, 9.17) is 10.2 Å². The molecule has 1 aromatic rings. The Hall–Kier alpha value is -1.56. The molecular formula is C7H11N3O3. The molecule has 0 aliphatic heterocycles. The van der Waals surface area contributed by atoms with Crippen LogP contribution >= 0.6 is 0 Å². The lowest BCUT2D eigenvalue weighted by Gasteiger charge is -2.15. The molecule has 0 bridgehead atoms. The first-order chi connectivity index (χ1) is 6.16. The molecule has 0 fully saturated rings. The summed E-state index contributed by atoms with van der Waals surface area (Å²) < 4.78 is 0. The van der Waals surface area contributed by atoms with Crippen LogP contribution in [0.15, 0.2) is 6.20 Å².